The summed E-state index contributed by atoms with van der Waals surface area (Å²) in [5.74, 6) is -0.944. The number of rotatable bonds is 5. The van der Waals surface area contributed by atoms with E-state index in [-0.39, 0.29) is 17.6 Å². The Labute approximate surface area is 216 Å². The highest BCUT2D eigenvalue weighted by molar-refractivity contribution is 7.80. The van der Waals surface area contributed by atoms with Gasteiger partial charge in [-0.05, 0) is 105 Å². The zero-order valence-electron chi connectivity index (χ0n) is 20.7. The molecule has 2 atom stereocenters. The van der Waals surface area contributed by atoms with Crippen LogP contribution >= 0.6 is 12.2 Å². The summed E-state index contributed by atoms with van der Waals surface area (Å²) in [4.78, 5) is 18.4. The molecular formula is C29H28N4O2S. The molecule has 1 saturated heterocycles. The second-order valence-electron chi connectivity index (χ2n) is 9.28. The van der Waals surface area contributed by atoms with Crippen molar-refractivity contribution >= 4 is 29.0 Å². The molecule has 182 valence electrons. The minimum Gasteiger partial charge on any atom is -0.478 e. The lowest BCUT2D eigenvalue weighted by Gasteiger charge is -2.28. The van der Waals surface area contributed by atoms with Crippen molar-refractivity contribution < 1.29 is 9.90 Å². The maximum Gasteiger partial charge on any atom is 0.335 e. The number of carbonyl (C=O) groups is 1. The number of anilines is 1. The highest BCUT2D eigenvalue weighted by Crippen LogP contribution is 2.44. The summed E-state index contributed by atoms with van der Waals surface area (Å²) in [5, 5.41) is 13.7. The molecule has 0 spiro atoms. The predicted molar refractivity (Wildman–Crippen MR) is 146 cm³/mol. The van der Waals surface area contributed by atoms with Crippen LogP contribution in [0.25, 0.3) is 5.69 Å². The smallest absolute Gasteiger partial charge is 0.335 e. The minimum absolute atomic E-state index is 0.142. The lowest BCUT2D eigenvalue weighted by molar-refractivity contribution is 0.0697. The number of carboxylic acids is 1. The molecule has 0 aliphatic carbocycles. The van der Waals surface area contributed by atoms with Gasteiger partial charge >= 0.3 is 5.97 Å². The molecule has 2 aromatic heterocycles. The van der Waals surface area contributed by atoms with Crippen molar-refractivity contribution in [3.05, 3.63) is 112 Å². The maximum atomic E-state index is 11.6. The molecule has 7 heteroatoms. The average Bonchev–Trinajstić information content (AvgIpc) is 3.36. The number of nitrogens with zero attached hydrogens (tertiary/aromatic N) is 3. The fraction of sp³-hybridized carbons (Fsp3) is 0.207. The van der Waals surface area contributed by atoms with Gasteiger partial charge < -0.3 is 19.9 Å². The lowest BCUT2D eigenvalue weighted by Crippen LogP contribution is -2.29. The molecule has 3 heterocycles. The molecule has 36 heavy (non-hydrogen) atoms. The molecular weight excluding hydrogens is 468 g/mol. The molecule has 4 aromatic rings. The van der Waals surface area contributed by atoms with E-state index >= 15 is 0 Å². The third-order valence-corrected chi connectivity index (χ3v) is 7.32. The van der Waals surface area contributed by atoms with Gasteiger partial charge in [0, 0.05) is 29.0 Å². The van der Waals surface area contributed by atoms with Crippen molar-refractivity contribution in [2.75, 3.05) is 4.90 Å². The van der Waals surface area contributed by atoms with E-state index in [1.807, 2.05) is 31.2 Å². The zero-order valence-corrected chi connectivity index (χ0v) is 21.5. The van der Waals surface area contributed by atoms with Crippen molar-refractivity contribution in [1.82, 2.24) is 14.9 Å². The van der Waals surface area contributed by atoms with E-state index in [0.717, 1.165) is 34.0 Å². The Kier molecular flexibility index (Phi) is 6.10. The maximum absolute atomic E-state index is 11.6. The van der Waals surface area contributed by atoms with Gasteiger partial charge in [-0.25, -0.2) is 4.79 Å². The van der Waals surface area contributed by atoms with Gasteiger partial charge in [0.15, 0.2) is 5.11 Å². The molecule has 1 fully saturated rings. The molecule has 1 aliphatic rings. The van der Waals surface area contributed by atoms with Gasteiger partial charge in [0.25, 0.3) is 0 Å². The van der Waals surface area contributed by atoms with Crippen molar-refractivity contribution in [3.8, 4) is 5.69 Å². The van der Waals surface area contributed by atoms with Crippen LogP contribution in [-0.2, 0) is 0 Å². The standard InChI is InChI=1S/C29H28N4O2S/c1-17-11-12-23(14-18(17)2)33-27(26(31-29(33)36)25-10-5-6-13-30-25)24-15-19(3)32(20(24)4)22-9-7-8-21(16-22)28(34)35/h5-16,26-27H,1-4H3,(H,31,36)(H,34,35)/t26-,27-/m0/s1. The number of aromatic nitrogens is 2. The Morgan fingerprint density at radius 2 is 1.75 bits per heavy atom. The Hall–Kier alpha value is -3.97. The molecule has 6 nitrogen and oxygen atoms in total. The van der Waals surface area contributed by atoms with E-state index in [1.165, 1.54) is 11.1 Å². The summed E-state index contributed by atoms with van der Waals surface area (Å²) in [5.41, 5.74) is 8.59. The van der Waals surface area contributed by atoms with Crippen LogP contribution in [0.1, 0.15) is 56.2 Å². The Morgan fingerprint density at radius 1 is 0.944 bits per heavy atom. The molecule has 2 N–H and O–H groups in total. The van der Waals surface area contributed by atoms with Gasteiger partial charge in [-0.1, -0.05) is 18.2 Å². The van der Waals surface area contributed by atoms with Crippen LogP contribution in [0.5, 0.6) is 0 Å². The number of nitrogens with one attached hydrogen (secondary N) is 1. The number of thiocarbonyl (C=S) groups is 1. The molecule has 0 bridgehead atoms. The van der Waals surface area contributed by atoms with E-state index in [2.05, 4.69) is 64.8 Å². The second kappa shape index (κ2) is 9.24. The summed E-state index contributed by atoms with van der Waals surface area (Å²) in [6.45, 7) is 8.33. The zero-order chi connectivity index (χ0) is 25.6. The third kappa shape index (κ3) is 4.05. The van der Waals surface area contributed by atoms with Crippen LogP contribution in [0.15, 0.2) is 72.9 Å². The predicted octanol–water partition coefficient (Wildman–Crippen LogP) is 5.98. The third-order valence-electron chi connectivity index (χ3n) is 7.01. The Morgan fingerprint density at radius 3 is 2.44 bits per heavy atom. The Balaban J connectivity index is 1.68. The van der Waals surface area contributed by atoms with Gasteiger partial charge in [0.1, 0.15) is 0 Å². The normalized spacial score (nSPS) is 17.3. The lowest BCUT2D eigenvalue weighted by atomic mass is 9.96. The number of hydrogen-bond donors (Lipinski definition) is 2. The van der Waals surface area contributed by atoms with Crippen LogP contribution in [0.4, 0.5) is 5.69 Å². The van der Waals surface area contributed by atoms with Gasteiger partial charge in [-0.2, -0.15) is 0 Å². The number of pyridine rings is 1. The molecule has 0 radical (unpaired) electrons. The highest BCUT2D eigenvalue weighted by atomic mass is 32.1. The Bertz CT molecular complexity index is 1480. The fourth-order valence-electron chi connectivity index (χ4n) is 5.09. The molecule has 1 aliphatic heterocycles. The SMILES string of the molecule is Cc1ccc(N2C(=S)N[C@@H](c3ccccn3)[C@@H]2c2cc(C)n(-c3cccc(C(=O)O)c3)c2C)cc1C. The van der Waals surface area contributed by atoms with Gasteiger partial charge in [-0.3, -0.25) is 4.98 Å². The van der Waals surface area contributed by atoms with Crippen molar-refractivity contribution in [2.45, 2.75) is 39.8 Å². The summed E-state index contributed by atoms with van der Waals surface area (Å²) in [6, 6.07) is 21.2. The van der Waals surface area contributed by atoms with Crippen LogP contribution in [0.3, 0.4) is 0 Å². The van der Waals surface area contributed by atoms with E-state index in [4.69, 9.17) is 12.2 Å². The van der Waals surface area contributed by atoms with Crippen molar-refractivity contribution in [2.24, 2.45) is 0 Å². The molecule has 2 aromatic carbocycles. The monoisotopic (exact) mass is 496 g/mol. The molecule has 0 saturated carbocycles. The number of carboxylic acid groups (broad SMARTS) is 1. The largest absolute Gasteiger partial charge is 0.478 e. The van der Waals surface area contributed by atoms with Crippen LogP contribution in [0.2, 0.25) is 0 Å². The number of aryl methyl sites for hydroxylation is 3. The first-order valence-electron chi connectivity index (χ1n) is 11.9. The first-order valence-corrected chi connectivity index (χ1v) is 12.3. The molecule has 0 unspecified atom stereocenters. The second-order valence-corrected chi connectivity index (χ2v) is 9.67. The van der Waals surface area contributed by atoms with Gasteiger partial charge in [-0.15, -0.1) is 0 Å². The number of hydrogen-bond acceptors (Lipinski definition) is 3. The fourth-order valence-corrected chi connectivity index (χ4v) is 5.43. The number of benzene rings is 2. The van der Waals surface area contributed by atoms with Crippen molar-refractivity contribution in [1.29, 1.82) is 0 Å². The van der Waals surface area contributed by atoms with E-state index in [0.29, 0.717) is 5.11 Å². The van der Waals surface area contributed by atoms with Crippen LogP contribution in [-0.4, -0.2) is 25.7 Å². The van der Waals surface area contributed by atoms with Crippen molar-refractivity contribution in [3.63, 3.8) is 0 Å². The summed E-state index contributed by atoms with van der Waals surface area (Å²) >= 11 is 5.89. The molecule has 0 amide bonds. The summed E-state index contributed by atoms with van der Waals surface area (Å²) < 4.78 is 2.11. The van der Waals surface area contributed by atoms with E-state index in [9.17, 15) is 9.90 Å². The van der Waals surface area contributed by atoms with Gasteiger partial charge in [0.05, 0.1) is 23.3 Å². The van der Waals surface area contributed by atoms with E-state index < -0.39 is 5.97 Å². The number of aromatic carboxylic acids is 1. The summed E-state index contributed by atoms with van der Waals surface area (Å²) in [7, 11) is 0. The van der Waals surface area contributed by atoms with Gasteiger partial charge in [0.2, 0.25) is 0 Å². The average molecular weight is 497 g/mol. The highest BCUT2D eigenvalue weighted by Gasteiger charge is 2.42. The van der Waals surface area contributed by atoms with Crippen LogP contribution < -0.4 is 10.2 Å². The summed E-state index contributed by atoms with van der Waals surface area (Å²) in [6.07, 6.45) is 1.80. The first-order chi connectivity index (χ1) is 17.3. The first kappa shape index (κ1) is 23.8. The van der Waals surface area contributed by atoms with Crippen LogP contribution in [0, 0.1) is 27.7 Å². The topological polar surface area (TPSA) is 70.4 Å². The molecule has 5 rings (SSSR count). The quantitative estimate of drug-likeness (QED) is 0.331. The van der Waals surface area contributed by atoms with E-state index in [1.54, 1.807) is 24.4 Å². The minimum atomic E-state index is -0.944.